The Labute approximate surface area is 188 Å². The zero-order valence-corrected chi connectivity index (χ0v) is 18.3. The molecule has 0 aliphatic heterocycles. The number of Topliss-reactive ketones (excluding diaryl/α,β-unsaturated/α-hetero) is 1. The van der Waals surface area contributed by atoms with Gasteiger partial charge in [-0.1, -0.05) is 24.3 Å². The molecule has 32 heavy (non-hydrogen) atoms. The molecule has 5 heteroatoms. The molecule has 4 saturated carbocycles. The van der Waals surface area contributed by atoms with E-state index in [0.717, 1.165) is 30.4 Å². The predicted molar refractivity (Wildman–Crippen MR) is 119 cm³/mol. The van der Waals surface area contributed by atoms with Gasteiger partial charge in [0, 0.05) is 12.3 Å². The van der Waals surface area contributed by atoms with Crippen LogP contribution in [-0.4, -0.2) is 24.3 Å². The number of rotatable bonds is 6. The number of carbonyl (C=O) groups excluding carboxylic acids is 3. The Hall–Kier alpha value is -2.95. The van der Waals surface area contributed by atoms with E-state index in [9.17, 15) is 14.4 Å². The zero-order chi connectivity index (χ0) is 22.3. The highest BCUT2D eigenvalue weighted by atomic mass is 16.5. The van der Waals surface area contributed by atoms with Gasteiger partial charge in [-0.2, -0.15) is 0 Å². The van der Waals surface area contributed by atoms with Crippen LogP contribution in [0.15, 0.2) is 48.5 Å². The summed E-state index contributed by atoms with van der Waals surface area (Å²) in [6.45, 7) is 1.24. The second-order valence-electron chi connectivity index (χ2n) is 9.89. The van der Waals surface area contributed by atoms with Gasteiger partial charge >= 0.3 is 11.9 Å². The van der Waals surface area contributed by atoms with E-state index >= 15 is 0 Å². The van der Waals surface area contributed by atoms with Crippen LogP contribution in [0.2, 0.25) is 0 Å². The quantitative estimate of drug-likeness (QED) is 0.462. The minimum Gasteiger partial charge on any atom is -0.454 e. The maximum absolute atomic E-state index is 13.1. The SMILES string of the molecule is CC(=O)Oc1ccc(-c2ccc(C(=O)OCC(=O)C34CC5CC(CC(C5)C3)C4)cc2)cc1. The lowest BCUT2D eigenvalue weighted by molar-refractivity contribution is -0.147. The summed E-state index contributed by atoms with van der Waals surface area (Å²) in [6, 6.07) is 14.3. The van der Waals surface area contributed by atoms with Crippen molar-refractivity contribution >= 4 is 17.7 Å². The van der Waals surface area contributed by atoms with E-state index in [1.165, 1.54) is 26.2 Å². The molecule has 2 aromatic rings. The number of ketones is 1. The van der Waals surface area contributed by atoms with Gasteiger partial charge in [0.25, 0.3) is 0 Å². The monoisotopic (exact) mass is 432 g/mol. The summed E-state index contributed by atoms with van der Waals surface area (Å²) < 4.78 is 10.5. The van der Waals surface area contributed by atoms with Crippen LogP contribution < -0.4 is 4.74 Å². The van der Waals surface area contributed by atoms with Gasteiger partial charge in [0.15, 0.2) is 12.4 Å². The molecule has 0 amide bonds. The highest BCUT2D eigenvalue weighted by Gasteiger charge is 2.54. The van der Waals surface area contributed by atoms with E-state index in [-0.39, 0.29) is 23.8 Å². The normalized spacial score (nSPS) is 27.7. The van der Waals surface area contributed by atoms with Crippen molar-refractivity contribution in [3.05, 3.63) is 54.1 Å². The van der Waals surface area contributed by atoms with E-state index in [4.69, 9.17) is 9.47 Å². The van der Waals surface area contributed by atoms with Crippen LogP contribution in [0.3, 0.4) is 0 Å². The zero-order valence-electron chi connectivity index (χ0n) is 18.3. The van der Waals surface area contributed by atoms with Gasteiger partial charge in [0.1, 0.15) is 5.75 Å². The number of hydrogen-bond acceptors (Lipinski definition) is 5. The standard InChI is InChI=1S/C27H28O5/c1-17(28)32-24-8-6-22(7-9-24)21-2-4-23(5-3-21)26(30)31-16-25(29)27-13-18-10-19(14-27)12-20(11-18)15-27/h2-9,18-20H,10-16H2,1H3. The third kappa shape index (κ3) is 4.08. The summed E-state index contributed by atoms with van der Waals surface area (Å²) in [6.07, 6.45) is 6.81. The fourth-order valence-corrected chi connectivity index (χ4v) is 6.50. The van der Waals surface area contributed by atoms with Crippen LogP contribution in [0.4, 0.5) is 0 Å². The van der Waals surface area contributed by atoms with E-state index in [1.54, 1.807) is 24.3 Å². The minimum absolute atomic E-state index is 0.120. The molecule has 166 valence electrons. The van der Waals surface area contributed by atoms with Crippen LogP contribution in [0.1, 0.15) is 55.8 Å². The minimum atomic E-state index is -0.458. The third-order valence-corrected chi connectivity index (χ3v) is 7.53. The lowest BCUT2D eigenvalue weighted by Crippen LogP contribution is -2.51. The summed E-state index contributed by atoms with van der Waals surface area (Å²) >= 11 is 0. The Morgan fingerprint density at radius 3 is 1.81 bits per heavy atom. The number of carbonyl (C=O) groups is 3. The Morgan fingerprint density at radius 1 is 0.812 bits per heavy atom. The van der Waals surface area contributed by atoms with E-state index in [1.807, 2.05) is 24.3 Å². The fourth-order valence-electron chi connectivity index (χ4n) is 6.50. The van der Waals surface area contributed by atoms with Gasteiger partial charge in [-0.15, -0.1) is 0 Å². The number of esters is 2. The van der Waals surface area contributed by atoms with Crippen molar-refractivity contribution in [3.8, 4) is 16.9 Å². The topological polar surface area (TPSA) is 69.7 Å². The molecule has 0 unspecified atom stereocenters. The largest absolute Gasteiger partial charge is 0.454 e. The van der Waals surface area contributed by atoms with Gasteiger partial charge in [-0.25, -0.2) is 4.79 Å². The average molecular weight is 433 g/mol. The summed E-state index contributed by atoms with van der Waals surface area (Å²) in [5.74, 6) is 1.87. The summed E-state index contributed by atoms with van der Waals surface area (Å²) in [5, 5.41) is 0. The molecular formula is C27H28O5. The smallest absolute Gasteiger partial charge is 0.338 e. The molecule has 4 aliphatic carbocycles. The number of hydrogen-bond donors (Lipinski definition) is 0. The van der Waals surface area contributed by atoms with Crippen LogP contribution in [-0.2, 0) is 14.3 Å². The summed E-state index contributed by atoms with van der Waals surface area (Å²) in [5.41, 5.74) is 2.07. The Bertz CT molecular complexity index is 999. The van der Waals surface area contributed by atoms with Gasteiger partial charge in [-0.3, -0.25) is 9.59 Å². The Kier molecular flexibility index (Phi) is 5.36. The summed E-state index contributed by atoms with van der Waals surface area (Å²) in [4.78, 5) is 36.6. The molecule has 0 spiro atoms. The van der Waals surface area contributed by atoms with Crippen molar-refractivity contribution in [2.75, 3.05) is 6.61 Å². The first kappa shape index (κ1) is 20.9. The molecule has 5 nitrogen and oxygen atoms in total. The first-order valence-corrected chi connectivity index (χ1v) is 11.5. The number of ether oxygens (including phenoxy) is 2. The summed E-state index contributed by atoms with van der Waals surface area (Å²) in [7, 11) is 0. The van der Waals surface area contributed by atoms with Crippen LogP contribution >= 0.6 is 0 Å². The molecule has 0 radical (unpaired) electrons. The lowest BCUT2D eigenvalue weighted by atomic mass is 9.48. The molecule has 0 N–H and O–H groups in total. The van der Waals surface area contributed by atoms with Crippen molar-refractivity contribution in [2.45, 2.75) is 45.4 Å². The lowest BCUT2D eigenvalue weighted by Gasteiger charge is -2.55. The molecule has 0 heterocycles. The first-order chi connectivity index (χ1) is 15.4. The van der Waals surface area contributed by atoms with Crippen molar-refractivity contribution in [3.63, 3.8) is 0 Å². The van der Waals surface area contributed by atoms with E-state index in [2.05, 4.69) is 0 Å². The maximum atomic E-state index is 13.1. The average Bonchev–Trinajstić information content (AvgIpc) is 2.76. The molecule has 6 rings (SSSR count). The third-order valence-electron chi connectivity index (χ3n) is 7.53. The Balaban J connectivity index is 1.19. The van der Waals surface area contributed by atoms with Crippen molar-refractivity contribution in [2.24, 2.45) is 23.2 Å². The highest BCUT2D eigenvalue weighted by Crippen LogP contribution is 2.60. The molecule has 0 atom stereocenters. The number of benzene rings is 2. The van der Waals surface area contributed by atoms with Crippen molar-refractivity contribution < 1.29 is 23.9 Å². The Morgan fingerprint density at radius 2 is 1.31 bits per heavy atom. The first-order valence-electron chi connectivity index (χ1n) is 11.5. The molecule has 4 fully saturated rings. The second kappa shape index (κ2) is 8.19. The molecule has 4 aliphatic rings. The molecule has 0 aromatic heterocycles. The molecule has 4 bridgehead atoms. The van der Waals surface area contributed by atoms with Crippen LogP contribution in [0.5, 0.6) is 5.75 Å². The van der Waals surface area contributed by atoms with Gasteiger partial charge < -0.3 is 9.47 Å². The van der Waals surface area contributed by atoms with Gasteiger partial charge in [-0.05, 0) is 91.7 Å². The predicted octanol–water partition coefficient (Wildman–Crippen LogP) is 5.22. The van der Waals surface area contributed by atoms with E-state index in [0.29, 0.717) is 29.1 Å². The second-order valence-corrected chi connectivity index (χ2v) is 9.89. The fraction of sp³-hybridized carbons (Fsp3) is 0.444. The van der Waals surface area contributed by atoms with Crippen LogP contribution in [0, 0.1) is 23.2 Å². The van der Waals surface area contributed by atoms with Gasteiger partial charge in [0.05, 0.1) is 5.56 Å². The van der Waals surface area contributed by atoms with E-state index < -0.39 is 5.97 Å². The molecular weight excluding hydrogens is 404 g/mol. The molecule has 0 saturated heterocycles. The van der Waals surface area contributed by atoms with Gasteiger partial charge in [0.2, 0.25) is 0 Å². The van der Waals surface area contributed by atoms with Crippen molar-refractivity contribution in [1.29, 1.82) is 0 Å². The van der Waals surface area contributed by atoms with Crippen molar-refractivity contribution in [1.82, 2.24) is 0 Å². The molecule has 2 aromatic carbocycles. The van der Waals surface area contributed by atoms with Crippen LogP contribution in [0.25, 0.3) is 11.1 Å². The maximum Gasteiger partial charge on any atom is 0.338 e. The highest BCUT2D eigenvalue weighted by molar-refractivity contribution is 5.93.